The van der Waals surface area contributed by atoms with E-state index < -0.39 is 11.7 Å². The van der Waals surface area contributed by atoms with Gasteiger partial charge in [0.15, 0.2) is 0 Å². The van der Waals surface area contributed by atoms with Crippen LogP contribution in [0, 0.1) is 19.7 Å². The minimum atomic E-state index is -0.422. The number of likely N-dealkylation sites (tertiary alicyclic amines) is 1. The van der Waals surface area contributed by atoms with Crippen LogP contribution in [0.5, 0.6) is 0 Å². The van der Waals surface area contributed by atoms with Gasteiger partial charge >= 0.3 is 6.03 Å². The first-order chi connectivity index (χ1) is 15.4. The van der Waals surface area contributed by atoms with E-state index in [0.717, 1.165) is 34.7 Å². The molecule has 2 N–H and O–H groups in total. The maximum Gasteiger partial charge on any atom is 0.321 e. The van der Waals surface area contributed by atoms with Crippen molar-refractivity contribution in [3.05, 3.63) is 69.4 Å². The van der Waals surface area contributed by atoms with E-state index in [1.807, 2.05) is 32.0 Å². The van der Waals surface area contributed by atoms with Crippen LogP contribution < -0.4 is 10.6 Å². The molecule has 166 valence electrons. The van der Waals surface area contributed by atoms with Crippen molar-refractivity contribution >= 4 is 34.6 Å². The lowest BCUT2D eigenvalue weighted by Crippen LogP contribution is -2.40. The average molecular weight is 454 g/mol. The van der Waals surface area contributed by atoms with E-state index in [4.69, 9.17) is 0 Å². The Morgan fingerprint density at radius 3 is 2.59 bits per heavy atom. The Bertz CT molecular complexity index is 1140. The number of nitrogens with zero attached hydrogens (tertiary/aromatic N) is 3. The summed E-state index contributed by atoms with van der Waals surface area (Å²) in [5.74, 6) is -0.688. The summed E-state index contributed by atoms with van der Waals surface area (Å²) < 4.78 is 13.3. The van der Waals surface area contributed by atoms with E-state index in [9.17, 15) is 14.0 Å². The summed E-state index contributed by atoms with van der Waals surface area (Å²) in [4.78, 5) is 26.9. The van der Waals surface area contributed by atoms with Gasteiger partial charge in [-0.3, -0.25) is 4.79 Å². The number of piperidine rings is 1. The largest absolute Gasteiger partial charge is 0.324 e. The molecule has 0 unspecified atom stereocenters. The molecule has 0 aliphatic carbocycles. The Morgan fingerprint density at radius 2 is 1.84 bits per heavy atom. The predicted octanol–water partition coefficient (Wildman–Crippen LogP) is 4.96. The zero-order valence-electron chi connectivity index (χ0n) is 17.9. The molecule has 0 radical (unpaired) electrons. The number of nitrogens with one attached hydrogen (secondary N) is 2. The van der Waals surface area contributed by atoms with Crippen LogP contribution in [0.25, 0.3) is 0 Å². The van der Waals surface area contributed by atoms with Gasteiger partial charge in [0.25, 0.3) is 5.91 Å². The summed E-state index contributed by atoms with van der Waals surface area (Å²) in [6.45, 7) is 5.17. The van der Waals surface area contributed by atoms with Gasteiger partial charge in [0, 0.05) is 30.4 Å². The number of aromatic nitrogens is 2. The van der Waals surface area contributed by atoms with Crippen molar-refractivity contribution < 1.29 is 14.0 Å². The average Bonchev–Trinajstić information content (AvgIpc) is 3.27. The lowest BCUT2D eigenvalue weighted by atomic mass is 9.98. The van der Waals surface area contributed by atoms with Crippen LogP contribution in [0.1, 0.15) is 44.7 Å². The van der Waals surface area contributed by atoms with Crippen molar-refractivity contribution in [2.75, 3.05) is 23.7 Å². The maximum absolute atomic E-state index is 13.3. The fraction of sp³-hybridized carbons (Fsp3) is 0.304. The molecule has 2 heterocycles. The number of hydrogen-bond donors (Lipinski definition) is 2. The predicted molar refractivity (Wildman–Crippen MR) is 123 cm³/mol. The number of hydrogen-bond acceptors (Lipinski definition) is 5. The Labute approximate surface area is 189 Å². The molecule has 3 aromatic rings. The number of aryl methyl sites for hydroxylation is 2. The first-order valence-electron chi connectivity index (χ1n) is 10.4. The zero-order valence-corrected chi connectivity index (χ0v) is 18.7. The molecule has 9 heteroatoms. The normalized spacial score (nSPS) is 14.3. The topological polar surface area (TPSA) is 87.2 Å². The summed E-state index contributed by atoms with van der Waals surface area (Å²) in [6.07, 6.45) is 1.50. The highest BCUT2D eigenvalue weighted by Gasteiger charge is 2.27. The number of carbonyl (C=O) groups excluding carboxylic acids is 2. The van der Waals surface area contributed by atoms with Crippen LogP contribution in [0.4, 0.5) is 20.6 Å². The molecule has 32 heavy (non-hydrogen) atoms. The summed E-state index contributed by atoms with van der Waals surface area (Å²) >= 11 is 1.24. The number of halogens is 1. The number of anilines is 2. The molecule has 1 aliphatic heterocycles. The molecule has 0 bridgehead atoms. The quantitative estimate of drug-likeness (QED) is 0.585. The Balaban J connectivity index is 1.32. The summed E-state index contributed by atoms with van der Waals surface area (Å²) in [6, 6.07) is 11.6. The molecule has 1 aromatic heterocycles. The number of carbonyl (C=O) groups is 2. The highest BCUT2D eigenvalue weighted by molar-refractivity contribution is 7.13. The molecular weight excluding hydrogens is 429 g/mol. The molecule has 3 amide bonds. The monoisotopic (exact) mass is 453 g/mol. The molecule has 1 saturated heterocycles. The van der Waals surface area contributed by atoms with Crippen LogP contribution in [0.2, 0.25) is 0 Å². The van der Waals surface area contributed by atoms with Crippen molar-refractivity contribution in [1.82, 2.24) is 15.1 Å². The molecule has 2 aromatic carbocycles. The van der Waals surface area contributed by atoms with E-state index >= 15 is 0 Å². The number of benzene rings is 2. The van der Waals surface area contributed by atoms with Crippen molar-refractivity contribution in [3.8, 4) is 0 Å². The van der Waals surface area contributed by atoms with Crippen LogP contribution in [-0.4, -0.2) is 40.1 Å². The highest BCUT2D eigenvalue weighted by Crippen LogP contribution is 2.31. The molecule has 4 rings (SSSR count). The number of rotatable bonds is 4. The van der Waals surface area contributed by atoms with Gasteiger partial charge < -0.3 is 15.5 Å². The third kappa shape index (κ3) is 5.11. The van der Waals surface area contributed by atoms with Gasteiger partial charge in [0.05, 0.1) is 0 Å². The first kappa shape index (κ1) is 21.9. The first-order valence-corrected chi connectivity index (χ1v) is 11.2. The van der Waals surface area contributed by atoms with Gasteiger partial charge in [-0.1, -0.05) is 29.5 Å². The lowest BCUT2D eigenvalue weighted by molar-refractivity contribution is 0.102. The fourth-order valence-corrected chi connectivity index (χ4v) is 4.54. The molecule has 7 nitrogen and oxygen atoms in total. The summed E-state index contributed by atoms with van der Waals surface area (Å²) in [7, 11) is 0. The Morgan fingerprint density at radius 1 is 1.06 bits per heavy atom. The Hall–Kier alpha value is -3.33. The minimum absolute atomic E-state index is 0.107. The second kappa shape index (κ2) is 9.44. The van der Waals surface area contributed by atoms with Crippen molar-refractivity contribution in [2.24, 2.45) is 0 Å². The van der Waals surface area contributed by atoms with Gasteiger partial charge in [-0.15, -0.1) is 10.2 Å². The SMILES string of the molecule is Cc1ccc(C)c(NC(=O)N2CCC(c3nnc(C(=O)Nc4cccc(F)c4)s3)CC2)c1. The van der Waals surface area contributed by atoms with Crippen molar-refractivity contribution in [1.29, 1.82) is 0 Å². The number of amides is 3. The fourth-order valence-electron chi connectivity index (χ4n) is 3.64. The standard InChI is InChI=1S/C23H24FN5O2S/c1-14-6-7-15(2)19(12-14)26-23(31)29-10-8-16(9-11-29)21-27-28-22(32-21)20(30)25-18-5-3-4-17(24)13-18/h3-7,12-13,16H,8-11H2,1-2H3,(H,25,30)(H,26,31). The number of urea groups is 1. The van der Waals surface area contributed by atoms with Crippen molar-refractivity contribution in [2.45, 2.75) is 32.6 Å². The second-order valence-electron chi connectivity index (χ2n) is 7.92. The molecule has 0 spiro atoms. The van der Waals surface area contributed by atoms with E-state index in [0.29, 0.717) is 18.8 Å². The zero-order chi connectivity index (χ0) is 22.7. The third-order valence-electron chi connectivity index (χ3n) is 5.48. The molecular formula is C23H24FN5O2S. The van der Waals surface area contributed by atoms with Crippen LogP contribution in [-0.2, 0) is 0 Å². The highest BCUT2D eigenvalue weighted by atomic mass is 32.1. The Kier molecular flexibility index (Phi) is 6.45. The van der Waals surface area contributed by atoms with Gasteiger partial charge in [0.2, 0.25) is 5.01 Å². The van der Waals surface area contributed by atoms with Gasteiger partial charge in [-0.05, 0) is 62.1 Å². The van der Waals surface area contributed by atoms with Gasteiger partial charge in [0.1, 0.15) is 10.8 Å². The minimum Gasteiger partial charge on any atom is -0.324 e. The molecule has 0 atom stereocenters. The smallest absolute Gasteiger partial charge is 0.321 e. The van der Waals surface area contributed by atoms with Crippen LogP contribution in [0.3, 0.4) is 0 Å². The molecule has 1 aliphatic rings. The van der Waals surface area contributed by atoms with E-state index in [2.05, 4.69) is 20.8 Å². The van der Waals surface area contributed by atoms with Gasteiger partial charge in [-0.2, -0.15) is 0 Å². The van der Waals surface area contributed by atoms with E-state index in [-0.39, 0.29) is 17.0 Å². The molecule has 1 fully saturated rings. The summed E-state index contributed by atoms with van der Waals surface area (Å²) in [5.41, 5.74) is 3.32. The van der Waals surface area contributed by atoms with Crippen molar-refractivity contribution in [3.63, 3.8) is 0 Å². The van der Waals surface area contributed by atoms with Crippen LogP contribution in [0.15, 0.2) is 42.5 Å². The van der Waals surface area contributed by atoms with Crippen LogP contribution >= 0.6 is 11.3 Å². The lowest BCUT2D eigenvalue weighted by Gasteiger charge is -2.31. The summed E-state index contributed by atoms with van der Waals surface area (Å²) in [5, 5.41) is 14.9. The van der Waals surface area contributed by atoms with E-state index in [1.54, 1.807) is 11.0 Å². The second-order valence-corrected chi connectivity index (χ2v) is 8.93. The molecule has 0 saturated carbocycles. The van der Waals surface area contributed by atoms with E-state index in [1.165, 1.54) is 29.5 Å². The maximum atomic E-state index is 13.3. The third-order valence-corrected chi connectivity index (χ3v) is 6.57. The van der Waals surface area contributed by atoms with Gasteiger partial charge in [-0.25, -0.2) is 9.18 Å².